The van der Waals surface area contributed by atoms with Crippen molar-refractivity contribution in [3.8, 4) is 5.75 Å². The molecule has 0 saturated carbocycles. The maximum absolute atomic E-state index is 12.4. The molecular formula is C22H23N5O7S. The Morgan fingerprint density at radius 3 is 2.03 bits per heavy atom. The van der Waals surface area contributed by atoms with Crippen molar-refractivity contribution in [3.05, 3.63) is 86.7 Å². The summed E-state index contributed by atoms with van der Waals surface area (Å²) in [4.78, 5) is 50.6. The van der Waals surface area contributed by atoms with E-state index >= 15 is 0 Å². The average Bonchev–Trinajstić information content (AvgIpc) is 2.83. The fourth-order valence-corrected chi connectivity index (χ4v) is 3.86. The van der Waals surface area contributed by atoms with Gasteiger partial charge in [0.05, 0.1) is 6.61 Å². The second-order valence-corrected chi connectivity index (χ2v) is 8.90. The number of H-pyrrole nitrogens is 2. The van der Waals surface area contributed by atoms with E-state index in [4.69, 9.17) is 4.74 Å². The van der Waals surface area contributed by atoms with E-state index < -0.39 is 38.0 Å². The first kappa shape index (κ1) is 25.2. The summed E-state index contributed by atoms with van der Waals surface area (Å²) in [6.45, 7) is 2.64. The normalized spacial score (nSPS) is 10.9. The maximum Gasteiger partial charge on any atom is 0.325 e. The van der Waals surface area contributed by atoms with Crippen molar-refractivity contribution in [2.45, 2.75) is 24.7 Å². The first-order valence-electron chi connectivity index (χ1n) is 10.5. The highest BCUT2D eigenvalue weighted by molar-refractivity contribution is 7.92. The van der Waals surface area contributed by atoms with Crippen molar-refractivity contribution in [1.29, 1.82) is 0 Å². The van der Waals surface area contributed by atoms with Crippen molar-refractivity contribution in [1.82, 2.24) is 20.8 Å². The SMILES string of the molecule is CCCCOc1ccc(C(=O)NNC(=O)c2ccc(NS(=O)(=O)c3c[nH]c(=O)[nH]c3=O)cc2)cc1. The Morgan fingerprint density at radius 2 is 1.49 bits per heavy atom. The van der Waals surface area contributed by atoms with Crippen LogP contribution in [0.25, 0.3) is 0 Å². The average molecular weight is 502 g/mol. The van der Waals surface area contributed by atoms with Crippen molar-refractivity contribution in [3.63, 3.8) is 0 Å². The van der Waals surface area contributed by atoms with Crippen LogP contribution in [-0.4, -0.2) is 36.8 Å². The number of hydrogen-bond donors (Lipinski definition) is 5. The summed E-state index contributed by atoms with van der Waals surface area (Å²) in [5.41, 5.74) is 3.16. The summed E-state index contributed by atoms with van der Waals surface area (Å²) >= 11 is 0. The summed E-state index contributed by atoms with van der Waals surface area (Å²) in [6.07, 6.45) is 2.72. The van der Waals surface area contributed by atoms with Gasteiger partial charge in [-0.05, 0) is 55.0 Å². The van der Waals surface area contributed by atoms with E-state index in [1.54, 1.807) is 24.3 Å². The van der Waals surface area contributed by atoms with Crippen LogP contribution in [0.2, 0.25) is 0 Å². The van der Waals surface area contributed by atoms with Gasteiger partial charge >= 0.3 is 5.69 Å². The van der Waals surface area contributed by atoms with Gasteiger partial charge in [0.25, 0.3) is 27.4 Å². The molecule has 12 nitrogen and oxygen atoms in total. The smallest absolute Gasteiger partial charge is 0.325 e. The summed E-state index contributed by atoms with van der Waals surface area (Å²) < 4.78 is 32.4. The van der Waals surface area contributed by atoms with Crippen LogP contribution in [0.15, 0.2) is 69.2 Å². The number of hydrogen-bond acceptors (Lipinski definition) is 7. The zero-order valence-corrected chi connectivity index (χ0v) is 19.4. The van der Waals surface area contributed by atoms with Gasteiger partial charge in [0.15, 0.2) is 4.90 Å². The highest BCUT2D eigenvalue weighted by Crippen LogP contribution is 2.15. The zero-order chi connectivity index (χ0) is 25.4. The molecule has 0 aliphatic rings. The lowest BCUT2D eigenvalue weighted by atomic mass is 10.2. The minimum absolute atomic E-state index is 0.0671. The van der Waals surface area contributed by atoms with E-state index in [0.717, 1.165) is 19.0 Å². The molecule has 1 heterocycles. The Balaban J connectivity index is 1.56. The van der Waals surface area contributed by atoms with Gasteiger partial charge in [0, 0.05) is 23.0 Å². The predicted molar refractivity (Wildman–Crippen MR) is 127 cm³/mol. The molecule has 0 bridgehead atoms. The minimum atomic E-state index is -4.29. The van der Waals surface area contributed by atoms with Gasteiger partial charge in [0.2, 0.25) is 0 Å². The topological polar surface area (TPSA) is 179 Å². The second kappa shape index (κ2) is 11.2. The van der Waals surface area contributed by atoms with E-state index in [0.29, 0.717) is 17.9 Å². The zero-order valence-electron chi connectivity index (χ0n) is 18.6. The number of nitrogens with one attached hydrogen (secondary N) is 5. The molecule has 3 rings (SSSR count). The molecule has 3 aromatic rings. The second-order valence-electron chi connectivity index (χ2n) is 7.25. The van der Waals surface area contributed by atoms with Crippen LogP contribution in [-0.2, 0) is 10.0 Å². The largest absolute Gasteiger partial charge is 0.494 e. The monoisotopic (exact) mass is 501 g/mol. The highest BCUT2D eigenvalue weighted by Gasteiger charge is 2.19. The van der Waals surface area contributed by atoms with Gasteiger partial charge in [-0.3, -0.25) is 34.9 Å². The molecule has 0 atom stereocenters. The van der Waals surface area contributed by atoms with E-state index in [-0.39, 0.29) is 11.3 Å². The summed E-state index contributed by atoms with van der Waals surface area (Å²) in [5, 5.41) is 0. The molecule has 0 radical (unpaired) electrons. The molecule has 0 fully saturated rings. The predicted octanol–water partition coefficient (Wildman–Crippen LogP) is 1.12. The molecule has 0 aliphatic carbocycles. The van der Waals surface area contributed by atoms with Crippen LogP contribution < -0.4 is 31.6 Å². The number of carbonyl (C=O) groups is 2. The van der Waals surface area contributed by atoms with Crippen molar-refractivity contribution >= 4 is 27.5 Å². The van der Waals surface area contributed by atoms with Gasteiger partial charge in [0.1, 0.15) is 5.75 Å². The van der Waals surface area contributed by atoms with Crippen LogP contribution in [0.3, 0.4) is 0 Å². The number of aromatic amines is 2. The number of ether oxygens (including phenoxy) is 1. The molecule has 0 aliphatic heterocycles. The van der Waals surface area contributed by atoms with Crippen LogP contribution in [0.1, 0.15) is 40.5 Å². The Morgan fingerprint density at radius 1 is 0.914 bits per heavy atom. The van der Waals surface area contributed by atoms with Crippen LogP contribution in [0, 0.1) is 0 Å². The van der Waals surface area contributed by atoms with Gasteiger partial charge in [-0.25, -0.2) is 13.2 Å². The minimum Gasteiger partial charge on any atom is -0.494 e. The summed E-state index contributed by atoms with van der Waals surface area (Å²) in [7, 11) is -4.29. The number of sulfonamides is 1. The number of amides is 2. The van der Waals surface area contributed by atoms with E-state index in [2.05, 4.69) is 27.5 Å². The fraction of sp³-hybridized carbons (Fsp3) is 0.182. The fourth-order valence-electron chi connectivity index (χ4n) is 2.79. The highest BCUT2D eigenvalue weighted by atomic mass is 32.2. The van der Waals surface area contributed by atoms with Crippen molar-refractivity contribution in [2.24, 2.45) is 0 Å². The number of unbranched alkanes of at least 4 members (excludes halogenated alkanes) is 1. The molecule has 184 valence electrons. The van der Waals surface area contributed by atoms with E-state index in [1.807, 2.05) is 4.98 Å². The van der Waals surface area contributed by atoms with Gasteiger partial charge in [-0.1, -0.05) is 13.3 Å². The Labute approximate surface area is 199 Å². The lowest BCUT2D eigenvalue weighted by Gasteiger charge is -2.10. The number of hydrazine groups is 1. The third-order valence-electron chi connectivity index (χ3n) is 4.65. The molecule has 0 spiro atoms. The van der Waals surface area contributed by atoms with Gasteiger partial charge in [-0.15, -0.1) is 0 Å². The lowest BCUT2D eigenvalue weighted by molar-refractivity contribution is 0.0846. The molecule has 35 heavy (non-hydrogen) atoms. The van der Waals surface area contributed by atoms with Gasteiger partial charge < -0.3 is 9.72 Å². The van der Waals surface area contributed by atoms with Crippen LogP contribution in [0.4, 0.5) is 5.69 Å². The lowest BCUT2D eigenvalue weighted by Crippen LogP contribution is -2.41. The summed E-state index contributed by atoms with van der Waals surface area (Å²) in [6, 6.07) is 11.7. The molecule has 0 unspecified atom stereocenters. The van der Waals surface area contributed by atoms with Crippen LogP contribution in [0.5, 0.6) is 5.75 Å². The number of benzene rings is 2. The number of anilines is 1. The first-order chi connectivity index (χ1) is 16.7. The molecule has 2 aromatic carbocycles. The maximum atomic E-state index is 12.4. The van der Waals surface area contributed by atoms with Crippen LogP contribution >= 0.6 is 0 Å². The van der Waals surface area contributed by atoms with Crippen molar-refractivity contribution < 1.29 is 22.7 Å². The molecule has 5 N–H and O–H groups in total. The molecule has 0 saturated heterocycles. The molecule has 2 amide bonds. The van der Waals surface area contributed by atoms with Gasteiger partial charge in [-0.2, -0.15) is 0 Å². The standard InChI is InChI=1S/C22H23N5O7S/c1-2-3-12-34-17-10-6-15(7-11-17)20(29)26-25-19(28)14-4-8-16(9-5-14)27-35(32,33)18-13-23-22(31)24-21(18)30/h4-11,13,27H,2-3,12H2,1H3,(H,25,28)(H,26,29)(H2,23,24,30,31). The third kappa shape index (κ3) is 6.80. The first-order valence-corrected chi connectivity index (χ1v) is 12.0. The number of carbonyl (C=O) groups excluding carboxylic acids is 2. The number of rotatable bonds is 9. The quantitative estimate of drug-likeness (QED) is 0.215. The molecule has 13 heteroatoms. The number of aromatic nitrogens is 2. The summed E-state index contributed by atoms with van der Waals surface area (Å²) in [5.74, 6) is -0.529. The van der Waals surface area contributed by atoms with E-state index in [1.165, 1.54) is 24.3 Å². The van der Waals surface area contributed by atoms with Crippen molar-refractivity contribution in [2.75, 3.05) is 11.3 Å². The Hall–Kier alpha value is -4.39. The third-order valence-corrected chi connectivity index (χ3v) is 6.03. The molecular weight excluding hydrogens is 478 g/mol. The Bertz CT molecular complexity index is 1410. The Kier molecular flexibility index (Phi) is 8.04. The van der Waals surface area contributed by atoms with E-state index in [9.17, 15) is 27.6 Å². The molecule has 1 aromatic heterocycles.